The maximum Gasteiger partial charge on any atom is 0.251 e. The van der Waals surface area contributed by atoms with E-state index in [1.165, 1.54) is 12.8 Å². The van der Waals surface area contributed by atoms with E-state index < -0.39 is 0 Å². The average Bonchev–Trinajstić information content (AvgIpc) is 3.17. The van der Waals surface area contributed by atoms with E-state index in [4.69, 9.17) is 9.15 Å². The number of ether oxygens (including phenoxy) is 1. The lowest BCUT2D eigenvalue weighted by Crippen LogP contribution is -2.43. The first kappa shape index (κ1) is 21.2. The van der Waals surface area contributed by atoms with Gasteiger partial charge < -0.3 is 14.5 Å². The van der Waals surface area contributed by atoms with Gasteiger partial charge in [0.1, 0.15) is 23.8 Å². The molecule has 0 aliphatic heterocycles. The van der Waals surface area contributed by atoms with E-state index in [1.807, 2.05) is 61.5 Å². The fourth-order valence-corrected chi connectivity index (χ4v) is 4.16. The number of nitrogens with zero attached hydrogens (tertiary/aromatic N) is 1. The minimum absolute atomic E-state index is 0.0157. The second kappa shape index (κ2) is 9.38. The zero-order valence-corrected chi connectivity index (χ0v) is 18.4. The van der Waals surface area contributed by atoms with Gasteiger partial charge in [0, 0.05) is 17.2 Å². The number of hydrogen-bond donors (Lipinski definition) is 1. The summed E-state index contributed by atoms with van der Waals surface area (Å²) >= 11 is 0. The summed E-state index contributed by atoms with van der Waals surface area (Å²) in [6.45, 7) is 6.74. The third kappa shape index (κ3) is 4.98. The largest absolute Gasteiger partial charge is 0.487 e. The van der Waals surface area contributed by atoms with Gasteiger partial charge in [-0.1, -0.05) is 44.9 Å². The van der Waals surface area contributed by atoms with Crippen LogP contribution in [-0.4, -0.2) is 16.9 Å². The molecule has 1 aliphatic carbocycles. The Bertz CT molecular complexity index is 1010. The molecule has 31 heavy (non-hydrogen) atoms. The molecule has 1 amide bonds. The second-order valence-corrected chi connectivity index (χ2v) is 8.55. The van der Waals surface area contributed by atoms with Crippen LogP contribution in [0.15, 0.2) is 59.0 Å². The van der Waals surface area contributed by atoms with Crippen LogP contribution in [0.25, 0.3) is 11.5 Å². The van der Waals surface area contributed by atoms with E-state index >= 15 is 0 Å². The summed E-state index contributed by atoms with van der Waals surface area (Å²) in [5.74, 6) is 3.19. The van der Waals surface area contributed by atoms with E-state index in [0.717, 1.165) is 29.2 Å². The summed E-state index contributed by atoms with van der Waals surface area (Å²) in [5, 5.41) is 3.23. The first-order chi connectivity index (χ1) is 15.0. The first-order valence-corrected chi connectivity index (χ1v) is 11.1. The molecule has 1 aliphatic rings. The molecule has 0 saturated heterocycles. The van der Waals surface area contributed by atoms with E-state index in [9.17, 15) is 4.79 Å². The zero-order chi connectivity index (χ0) is 21.8. The van der Waals surface area contributed by atoms with Crippen LogP contribution in [0.3, 0.4) is 0 Å². The summed E-state index contributed by atoms with van der Waals surface area (Å²) in [5.41, 5.74) is 2.26. The minimum atomic E-state index is -0.0157. The molecular weight excluding hydrogens is 388 g/mol. The van der Waals surface area contributed by atoms with Crippen LogP contribution in [0.1, 0.15) is 54.9 Å². The normalized spacial score (nSPS) is 20.9. The molecule has 1 saturated carbocycles. The van der Waals surface area contributed by atoms with Crippen LogP contribution >= 0.6 is 0 Å². The summed E-state index contributed by atoms with van der Waals surface area (Å²) in [6, 6.07) is 17.3. The minimum Gasteiger partial charge on any atom is -0.487 e. The molecule has 0 radical (unpaired) electrons. The van der Waals surface area contributed by atoms with Gasteiger partial charge in [-0.05, 0) is 61.6 Å². The van der Waals surface area contributed by atoms with Gasteiger partial charge in [-0.15, -0.1) is 0 Å². The number of hydrogen-bond acceptors (Lipinski definition) is 4. The van der Waals surface area contributed by atoms with Crippen LogP contribution in [0.2, 0.25) is 0 Å². The van der Waals surface area contributed by atoms with Crippen LogP contribution in [0.4, 0.5) is 0 Å². The Morgan fingerprint density at radius 1 is 1.10 bits per heavy atom. The lowest BCUT2D eigenvalue weighted by Gasteiger charge is -2.34. The van der Waals surface area contributed by atoms with Crippen LogP contribution in [0, 0.1) is 18.8 Å². The van der Waals surface area contributed by atoms with Gasteiger partial charge in [0.25, 0.3) is 5.91 Å². The van der Waals surface area contributed by atoms with Crippen molar-refractivity contribution in [1.29, 1.82) is 0 Å². The van der Waals surface area contributed by atoms with Gasteiger partial charge in [0.15, 0.2) is 0 Å². The number of oxazole rings is 1. The van der Waals surface area contributed by atoms with Gasteiger partial charge in [-0.25, -0.2) is 4.98 Å². The van der Waals surface area contributed by atoms with Crippen molar-refractivity contribution in [3.8, 4) is 17.2 Å². The number of benzene rings is 2. The average molecular weight is 419 g/mol. The number of rotatable bonds is 6. The van der Waals surface area contributed by atoms with Crippen molar-refractivity contribution in [2.75, 3.05) is 0 Å². The fraction of sp³-hybridized carbons (Fsp3) is 0.385. The predicted molar refractivity (Wildman–Crippen MR) is 121 cm³/mol. The molecule has 1 fully saturated rings. The van der Waals surface area contributed by atoms with Crippen LogP contribution < -0.4 is 10.1 Å². The number of aryl methyl sites for hydroxylation is 1. The predicted octanol–water partition coefficient (Wildman–Crippen LogP) is 5.78. The Morgan fingerprint density at radius 2 is 1.84 bits per heavy atom. The maximum absolute atomic E-state index is 12.7. The quantitative estimate of drug-likeness (QED) is 0.551. The number of para-hydroxylation sites is 1. The Morgan fingerprint density at radius 3 is 2.58 bits per heavy atom. The Labute approximate surface area is 183 Å². The molecule has 1 heterocycles. The molecular formula is C26H30N2O3. The summed E-state index contributed by atoms with van der Waals surface area (Å²) in [6.07, 6.45) is 3.48. The summed E-state index contributed by atoms with van der Waals surface area (Å²) < 4.78 is 11.6. The molecule has 0 unspecified atom stereocenters. The zero-order valence-electron chi connectivity index (χ0n) is 18.4. The molecule has 3 atom stereocenters. The molecule has 5 nitrogen and oxygen atoms in total. The second-order valence-electron chi connectivity index (χ2n) is 8.55. The topological polar surface area (TPSA) is 64.4 Å². The smallest absolute Gasteiger partial charge is 0.251 e. The van der Waals surface area contributed by atoms with Gasteiger partial charge in [-0.2, -0.15) is 0 Å². The molecule has 2 aromatic carbocycles. The molecule has 0 bridgehead atoms. The molecule has 162 valence electrons. The molecule has 1 N–H and O–H groups in total. The van der Waals surface area contributed by atoms with Crippen LogP contribution in [0.5, 0.6) is 5.75 Å². The highest BCUT2D eigenvalue weighted by Crippen LogP contribution is 2.30. The molecule has 4 rings (SSSR count). The Kier molecular flexibility index (Phi) is 6.40. The van der Waals surface area contributed by atoms with E-state index in [-0.39, 0.29) is 11.9 Å². The van der Waals surface area contributed by atoms with Crippen molar-refractivity contribution in [3.05, 3.63) is 71.6 Å². The van der Waals surface area contributed by atoms with Crippen LogP contribution in [-0.2, 0) is 6.61 Å². The standard InChI is InChI=1S/C26H30N2O3/c1-17-8-7-11-23(18(17)2)27-25(29)20-12-14-21(15-13-20)26-28-24(19(3)31-26)16-30-22-9-5-4-6-10-22/h4-6,9-10,12-15,17-18,23H,7-8,11,16H2,1-3H3,(H,27,29)/t17-,18+,23-/m1/s1. The van der Waals surface area contributed by atoms with Gasteiger partial charge in [0.2, 0.25) is 5.89 Å². The highest BCUT2D eigenvalue weighted by Gasteiger charge is 2.28. The number of amides is 1. The lowest BCUT2D eigenvalue weighted by molar-refractivity contribution is 0.0891. The van der Waals surface area contributed by atoms with Crippen molar-refractivity contribution in [1.82, 2.24) is 10.3 Å². The summed E-state index contributed by atoms with van der Waals surface area (Å²) in [4.78, 5) is 17.3. The van der Waals surface area contributed by atoms with Crippen molar-refractivity contribution in [2.24, 2.45) is 11.8 Å². The molecule has 0 spiro atoms. The SMILES string of the molecule is Cc1oc(-c2ccc(C(=O)N[C@@H]3CCC[C@@H](C)[C@@H]3C)cc2)nc1COc1ccccc1. The van der Waals surface area contributed by atoms with E-state index in [1.54, 1.807) is 0 Å². The number of aromatic nitrogens is 1. The summed E-state index contributed by atoms with van der Waals surface area (Å²) in [7, 11) is 0. The highest BCUT2D eigenvalue weighted by molar-refractivity contribution is 5.94. The third-order valence-electron chi connectivity index (χ3n) is 6.43. The lowest BCUT2D eigenvalue weighted by atomic mass is 9.78. The number of carbonyl (C=O) groups excluding carboxylic acids is 1. The monoisotopic (exact) mass is 418 g/mol. The molecule has 3 aromatic rings. The van der Waals surface area contributed by atoms with Crippen molar-refractivity contribution in [2.45, 2.75) is 52.7 Å². The molecule has 5 heteroatoms. The van der Waals surface area contributed by atoms with Gasteiger partial charge in [0.05, 0.1) is 0 Å². The highest BCUT2D eigenvalue weighted by atomic mass is 16.5. The van der Waals surface area contributed by atoms with Gasteiger partial charge in [-0.3, -0.25) is 4.79 Å². The number of nitrogens with one attached hydrogen (secondary N) is 1. The van der Waals surface area contributed by atoms with E-state index in [2.05, 4.69) is 24.1 Å². The van der Waals surface area contributed by atoms with Crippen molar-refractivity contribution >= 4 is 5.91 Å². The molecule has 1 aromatic heterocycles. The fourth-order valence-electron chi connectivity index (χ4n) is 4.16. The first-order valence-electron chi connectivity index (χ1n) is 11.1. The Balaban J connectivity index is 1.40. The van der Waals surface area contributed by atoms with E-state index in [0.29, 0.717) is 29.9 Å². The Hall–Kier alpha value is -3.08. The maximum atomic E-state index is 12.7. The third-order valence-corrected chi connectivity index (χ3v) is 6.43. The number of carbonyl (C=O) groups is 1. The van der Waals surface area contributed by atoms with Gasteiger partial charge >= 0.3 is 0 Å². The van der Waals surface area contributed by atoms with Crippen molar-refractivity contribution in [3.63, 3.8) is 0 Å². The van der Waals surface area contributed by atoms with Crippen molar-refractivity contribution < 1.29 is 13.9 Å².